The first kappa shape index (κ1) is 11.8. The lowest BCUT2D eigenvalue weighted by atomic mass is 9.55. The van der Waals surface area contributed by atoms with E-state index < -0.39 is 0 Å². The van der Waals surface area contributed by atoms with Gasteiger partial charge >= 0.3 is 0 Å². The fourth-order valence-electron chi connectivity index (χ4n) is 2.37. The Hall–Kier alpha value is -1.70. The predicted octanol–water partition coefficient (Wildman–Crippen LogP) is 3.24. The summed E-state index contributed by atoms with van der Waals surface area (Å²) in [6.07, 6.45) is 0. The van der Waals surface area contributed by atoms with E-state index in [1.165, 1.54) is 22.3 Å². The summed E-state index contributed by atoms with van der Waals surface area (Å²) in [4.78, 5) is 0. The van der Waals surface area contributed by atoms with Crippen molar-refractivity contribution in [3.05, 3.63) is 59.7 Å². The van der Waals surface area contributed by atoms with Crippen LogP contribution in [0.2, 0.25) is 6.82 Å². The highest BCUT2D eigenvalue weighted by atomic mass is 14.8. The molecular weight excluding hydrogens is 205 g/mol. The van der Waals surface area contributed by atoms with E-state index in [1.54, 1.807) is 0 Å². The summed E-state index contributed by atoms with van der Waals surface area (Å²) in [6, 6.07) is 16.8. The van der Waals surface area contributed by atoms with E-state index in [9.17, 15) is 0 Å². The van der Waals surface area contributed by atoms with Gasteiger partial charge in [-0.25, -0.2) is 0 Å². The Morgan fingerprint density at radius 2 is 1.41 bits per heavy atom. The van der Waals surface area contributed by atoms with Crippen molar-refractivity contribution >= 4 is 18.0 Å². The van der Waals surface area contributed by atoms with E-state index in [2.05, 4.69) is 68.4 Å². The van der Waals surface area contributed by atoms with Gasteiger partial charge in [0.2, 0.25) is 0 Å². The van der Waals surface area contributed by atoms with Crippen molar-refractivity contribution in [1.82, 2.24) is 0 Å². The lowest BCUT2D eigenvalue weighted by Gasteiger charge is -2.17. The average molecular weight is 223 g/mol. The maximum atomic E-state index is 3.54. The Morgan fingerprint density at radius 1 is 0.824 bits per heavy atom. The average Bonchev–Trinajstić information content (AvgIpc) is 2.30. The zero-order valence-corrected chi connectivity index (χ0v) is 10.7. The van der Waals surface area contributed by atoms with Crippen LogP contribution in [0.4, 0.5) is 5.69 Å². The summed E-state index contributed by atoms with van der Waals surface area (Å²) in [5.41, 5.74) is 5.26. The van der Waals surface area contributed by atoms with Crippen LogP contribution in [0.3, 0.4) is 0 Å². The second-order valence-electron chi connectivity index (χ2n) is 4.54. The molecule has 0 saturated heterocycles. The molecule has 0 aliphatic carbocycles. The number of benzene rings is 2. The third-order valence-electron chi connectivity index (χ3n) is 3.13. The molecule has 2 heteroatoms. The van der Waals surface area contributed by atoms with Gasteiger partial charge in [0.1, 0.15) is 0 Å². The normalized spacial score (nSPS) is 10.1. The van der Waals surface area contributed by atoms with Crippen LogP contribution in [-0.2, 0) is 0 Å². The quantitative estimate of drug-likeness (QED) is 0.787. The fourth-order valence-corrected chi connectivity index (χ4v) is 2.37. The molecular formula is C15H18BN. The number of hydrogen-bond acceptors (Lipinski definition) is 1. The van der Waals surface area contributed by atoms with Crippen molar-refractivity contribution in [3.8, 4) is 0 Å². The number of rotatable bonds is 3. The molecule has 0 atom stereocenters. The van der Waals surface area contributed by atoms with Crippen molar-refractivity contribution < 1.29 is 0 Å². The van der Waals surface area contributed by atoms with Crippen LogP contribution in [0, 0.1) is 13.8 Å². The van der Waals surface area contributed by atoms with Crippen LogP contribution in [0.25, 0.3) is 0 Å². The van der Waals surface area contributed by atoms with Gasteiger partial charge in [0.25, 0.3) is 6.85 Å². The molecule has 17 heavy (non-hydrogen) atoms. The topological polar surface area (TPSA) is 12.0 Å². The molecule has 0 unspecified atom stereocenters. The lowest BCUT2D eigenvalue weighted by molar-refractivity contribution is 1.42. The van der Waals surface area contributed by atoms with Crippen molar-refractivity contribution in [2.24, 2.45) is 0 Å². The van der Waals surface area contributed by atoms with E-state index in [-0.39, 0.29) is 0 Å². The Balaban J connectivity index is 2.23. The molecule has 1 nitrogen and oxygen atoms in total. The Labute approximate surface area is 104 Å². The van der Waals surface area contributed by atoms with Gasteiger partial charge in [-0.2, -0.15) is 0 Å². The first-order valence-corrected chi connectivity index (χ1v) is 6.06. The molecule has 2 aromatic rings. The number of anilines is 1. The molecule has 0 aliphatic rings. The molecule has 0 saturated carbocycles. The van der Waals surface area contributed by atoms with E-state index in [4.69, 9.17) is 0 Å². The Bertz CT molecular complexity index is 473. The highest BCUT2D eigenvalue weighted by molar-refractivity contribution is 6.75. The number of nitrogens with one attached hydrogen (secondary N) is 1. The summed E-state index contributed by atoms with van der Waals surface area (Å²) < 4.78 is 0. The smallest absolute Gasteiger partial charge is 0.283 e. The zero-order valence-electron chi connectivity index (χ0n) is 10.7. The molecule has 0 aromatic heterocycles. The number of para-hydroxylation sites is 1. The van der Waals surface area contributed by atoms with Gasteiger partial charge in [-0.3, -0.25) is 0 Å². The van der Waals surface area contributed by atoms with Crippen molar-refractivity contribution in [2.45, 2.75) is 20.7 Å². The molecule has 0 heterocycles. The Kier molecular flexibility index (Phi) is 3.53. The van der Waals surface area contributed by atoms with E-state index >= 15 is 0 Å². The minimum absolute atomic E-state index is 0.332. The van der Waals surface area contributed by atoms with Crippen LogP contribution in [0.5, 0.6) is 0 Å². The molecule has 0 radical (unpaired) electrons. The van der Waals surface area contributed by atoms with Gasteiger partial charge in [0, 0.05) is 5.69 Å². The molecule has 0 fully saturated rings. The number of hydrogen-bond donors (Lipinski definition) is 1. The Morgan fingerprint density at radius 3 is 2.00 bits per heavy atom. The van der Waals surface area contributed by atoms with Crippen LogP contribution in [-0.4, -0.2) is 6.85 Å². The van der Waals surface area contributed by atoms with E-state index in [1.807, 2.05) is 6.07 Å². The molecule has 2 rings (SSSR count). The largest absolute Gasteiger partial charge is 0.424 e. The van der Waals surface area contributed by atoms with Crippen LogP contribution < -0.4 is 10.7 Å². The molecule has 0 spiro atoms. The summed E-state index contributed by atoms with van der Waals surface area (Å²) in [7, 11) is 0. The summed E-state index contributed by atoms with van der Waals surface area (Å²) in [6.45, 7) is 6.89. The number of aryl methyl sites for hydroxylation is 2. The molecule has 0 aliphatic heterocycles. The lowest BCUT2D eigenvalue weighted by Crippen LogP contribution is -2.38. The summed E-state index contributed by atoms with van der Waals surface area (Å²) in [5, 5.41) is 3.54. The van der Waals surface area contributed by atoms with Gasteiger partial charge in [-0.15, -0.1) is 0 Å². The van der Waals surface area contributed by atoms with Crippen LogP contribution in [0.1, 0.15) is 11.1 Å². The van der Waals surface area contributed by atoms with Gasteiger partial charge in [-0.1, -0.05) is 59.8 Å². The maximum Gasteiger partial charge on any atom is 0.283 e. The van der Waals surface area contributed by atoms with E-state index in [0.29, 0.717) is 6.85 Å². The van der Waals surface area contributed by atoms with E-state index in [0.717, 1.165) is 0 Å². The monoisotopic (exact) mass is 223 g/mol. The molecule has 86 valence electrons. The van der Waals surface area contributed by atoms with Crippen molar-refractivity contribution in [2.75, 3.05) is 5.23 Å². The predicted molar refractivity (Wildman–Crippen MR) is 77.2 cm³/mol. The zero-order chi connectivity index (χ0) is 12.3. The second-order valence-corrected chi connectivity index (χ2v) is 4.54. The molecule has 0 bridgehead atoms. The van der Waals surface area contributed by atoms with Crippen LogP contribution in [0.15, 0.2) is 48.5 Å². The molecule has 2 aromatic carbocycles. The first-order chi connectivity index (χ1) is 8.18. The third kappa shape index (κ3) is 2.70. The second kappa shape index (κ2) is 5.09. The first-order valence-electron chi connectivity index (χ1n) is 6.06. The van der Waals surface area contributed by atoms with Gasteiger partial charge in [0.15, 0.2) is 0 Å². The van der Waals surface area contributed by atoms with Crippen LogP contribution >= 0.6 is 0 Å². The minimum atomic E-state index is 0.332. The summed E-state index contributed by atoms with van der Waals surface area (Å²) in [5.74, 6) is 0. The standard InChI is InChI=1S/C15H18BN/c1-12-8-7-9-13(2)15(12)16(3)17-14-10-5-4-6-11-14/h4-11,17H,1-3H3. The molecule has 1 N–H and O–H groups in total. The summed E-state index contributed by atoms with van der Waals surface area (Å²) >= 11 is 0. The maximum absolute atomic E-state index is 3.54. The third-order valence-corrected chi connectivity index (χ3v) is 3.13. The van der Waals surface area contributed by atoms with Gasteiger partial charge in [0.05, 0.1) is 0 Å². The molecule has 0 amide bonds. The highest BCUT2D eigenvalue weighted by Gasteiger charge is 2.15. The highest BCUT2D eigenvalue weighted by Crippen LogP contribution is 2.08. The van der Waals surface area contributed by atoms with Crippen molar-refractivity contribution in [3.63, 3.8) is 0 Å². The minimum Gasteiger partial charge on any atom is -0.424 e. The SMILES string of the molecule is CB(Nc1ccccc1)c1c(C)cccc1C. The van der Waals surface area contributed by atoms with Gasteiger partial charge < -0.3 is 5.23 Å². The van der Waals surface area contributed by atoms with Crippen molar-refractivity contribution in [1.29, 1.82) is 0 Å². The van der Waals surface area contributed by atoms with Gasteiger partial charge in [-0.05, 0) is 26.0 Å². The fraction of sp³-hybridized carbons (Fsp3) is 0.200.